The molecule has 0 saturated heterocycles. The topological polar surface area (TPSA) is 36.4 Å². The smallest absolute Gasteiger partial charge is 0.120 e. The molecular weight excluding hydrogens is 234 g/mol. The highest BCUT2D eigenvalue weighted by Crippen LogP contribution is 2.18. The van der Waals surface area contributed by atoms with Crippen LogP contribution in [0.4, 0.5) is 5.69 Å². The van der Waals surface area contributed by atoms with E-state index in [9.17, 15) is 0 Å². The first kappa shape index (κ1) is 13.6. The van der Waals surface area contributed by atoms with Crippen molar-refractivity contribution in [1.29, 1.82) is 0 Å². The third kappa shape index (κ3) is 4.49. The fourth-order valence-electron chi connectivity index (χ4n) is 1.52. The monoisotopic (exact) mass is 251 g/mol. The zero-order chi connectivity index (χ0) is 12.8. The van der Waals surface area contributed by atoms with Crippen molar-refractivity contribution in [2.75, 3.05) is 12.4 Å². The standard InChI is InChI=1S/C13H18ClN3/c1-9(16-11(3)17-10(2)14)12-6-5-7-13(8-12)15-4/h5-9,15-16H,3H2,1-2,4H3/b17-10+. The Morgan fingerprint density at radius 3 is 2.76 bits per heavy atom. The molecule has 0 aliphatic heterocycles. The summed E-state index contributed by atoms with van der Waals surface area (Å²) >= 11 is 5.69. The SMILES string of the molecule is C=C(/N=C(\C)Cl)NC(C)c1cccc(NC)c1. The lowest BCUT2D eigenvalue weighted by molar-refractivity contribution is 0.651. The summed E-state index contributed by atoms with van der Waals surface area (Å²) in [5.74, 6) is 0.569. The van der Waals surface area contributed by atoms with Gasteiger partial charge in [0, 0.05) is 18.8 Å². The number of aliphatic imine (C=N–C) groups is 1. The number of halogens is 1. The van der Waals surface area contributed by atoms with E-state index in [1.807, 2.05) is 19.2 Å². The van der Waals surface area contributed by atoms with E-state index in [0.29, 0.717) is 11.0 Å². The second-order valence-electron chi connectivity index (χ2n) is 3.80. The molecule has 0 amide bonds. The van der Waals surface area contributed by atoms with Gasteiger partial charge in [-0.15, -0.1) is 0 Å². The number of anilines is 1. The van der Waals surface area contributed by atoms with Crippen molar-refractivity contribution in [2.24, 2.45) is 4.99 Å². The van der Waals surface area contributed by atoms with E-state index in [-0.39, 0.29) is 6.04 Å². The molecule has 92 valence electrons. The first-order chi connectivity index (χ1) is 8.02. The minimum atomic E-state index is 0.135. The Kier molecular flexibility index (Phi) is 5.04. The summed E-state index contributed by atoms with van der Waals surface area (Å²) in [6.07, 6.45) is 0. The largest absolute Gasteiger partial charge is 0.388 e. The van der Waals surface area contributed by atoms with Crippen LogP contribution in [0.15, 0.2) is 41.7 Å². The van der Waals surface area contributed by atoms with Gasteiger partial charge < -0.3 is 10.6 Å². The second-order valence-corrected chi connectivity index (χ2v) is 4.34. The van der Waals surface area contributed by atoms with Crippen LogP contribution < -0.4 is 10.6 Å². The van der Waals surface area contributed by atoms with E-state index >= 15 is 0 Å². The number of benzene rings is 1. The molecule has 0 bridgehead atoms. The van der Waals surface area contributed by atoms with Gasteiger partial charge in [-0.3, -0.25) is 0 Å². The summed E-state index contributed by atoms with van der Waals surface area (Å²) in [6.45, 7) is 7.58. The van der Waals surface area contributed by atoms with Crippen LogP contribution in [0.25, 0.3) is 0 Å². The fourth-order valence-corrected chi connectivity index (χ4v) is 1.62. The fraction of sp³-hybridized carbons (Fsp3) is 0.308. The lowest BCUT2D eigenvalue weighted by Crippen LogP contribution is -2.16. The van der Waals surface area contributed by atoms with Gasteiger partial charge in [0.2, 0.25) is 0 Å². The average molecular weight is 252 g/mol. The number of nitrogens with one attached hydrogen (secondary N) is 2. The van der Waals surface area contributed by atoms with Crippen molar-refractivity contribution in [3.63, 3.8) is 0 Å². The molecule has 0 saturated carbocycles. The average Bonchev–Trinajstić information content (AvgIpc) is 2.27. The van der Waals surface area contributed by atoms with Gasteiger partial charge in [0.15, 0.2) is 0 Å². The maximum Gasteiger partial charge on any atom is 0.120 e. The van der Waals surface area contributed by atoms with Crippen LogP contribution in [0.2, 0.25) is 0 Å². The van der Waals surface area contributed by atoms with Crippen LogP contribution in [0.1, 0.15) is 25.5 Å². The Hall–Kier alpha value is -1.48. The molecular formula is C13H18ClN3. The van der Waals surface area contributed by atoms with Crippen molar-refractivity contribution in [3.05, 3.63) is 42.2 Å². The molecule has 1 atom stereocenters. The summed E-state index contributed by atoms with van der Waals surface area (Å²) in [5, 5.41) is 6.76. The van der Waals surface area contributed by atoms with E-state index in [1.54, 1.807) is 6.92 Å². The summed E-state index contributed by atoms with van der Waals surface area (Å²) in [6, 6.07) is 8.31. The van der Waals surface area contributed by atoms with E-state index in [4.69, 9.17) is 11.6 Å². The first-order valence-corrected chi connectivity index (χ1v) is 5.84. The van der Waals surface area contributed by atoms with Crippen molar-refractivity contribution in [2.45, 2.75) is 19.9 Å². The molecule has 1 aromatic rings. The van der Waals surface area contributed by atoms with Gasteiger partial charge in [0.05, 0.1) is 0 Å². The van der Waals surface area contributed by atoms with Gasteiger partial charge in [0.25, 0.3) is 0 Å². The number of hydrogen-bond acceptors (Lipinski definition) is 3. The molecule has 1 unspecified atom stereocenters. The van der Waals surface area contributed by atoms with Gasteiger partial charge in [-0.05, 0) is 31.5 Å². The maximum atomic E-state index is 5.69. The predicted molar refractivity (Wildman–Crippen MR) is 75.6 cm³/mol. The van der Waals surface area contributed by atoms with Gasteiger partial charge in [-0.1, -0.05) is 30.3 Å². The molecule has 0 spiro atoms. The molecule has 0 aliphatic rings. The molecule has 17 heavy (non-hydrogen) atoms. The maximum absolute atomic E-state index is 5.69. The molecule has 1 rings (SSSR count). The minimum absolute atomic E-state index is 0.135. The normalized spacial score (nSPS) is 13.1. The van der Waals surface area contributed by atoms with Crippen LogP contribution in [-0.2, 0) is 0 Å². The summed E-state index contributed by atoms with van der Waals surface area (Å²) in [4.78, 5) is 4.05. The highest BCUT2D eigenvalue weighted by molar-refractivity contribution is 6.64. The third-order valence-corrected chi connectivity index (χ3v) is 2.43. The van der Waals surface area contributed by atoms with Crippen LogP contribution in [0, 0.1) is 0 Å². The zero-order valence-electron chi connectivity index (χ0n) is 10.4. The van der Waals surface area contributed by atoms with E-state index < -0.39 is 0 Å². The molecule has 4 heteroatoms. The third-order valence-electron chi connectivity index (χ3n) is 2.35. The number of hydrogen-bond donors (Lipinski definition) is 2. The highest BCUT2D eigenvalue weighted by Gasteiger charge is 2.05. The lowest BCUT2D eigenvalue weighted by Gasteiger charge is -2.16. The second kappa shape index (κ2) is 6.30. The Morgan fingerprint density at radius 2 is 2.18 bits per heavy atom. The number of rotatable bonds is 5. The Morgan fingerprint density at radius 1 is 1.47 bits per heavy atom. The molecule has 0 aromatic heterocycles. The molecule has 2 N–H and O–H groups in total. The zero-order valence-corrected chi connectivity index (χ0v) is 11.2. The first-order valence-electron chi connectivity index (χ1n) is 5.47. The Balaban J connectivity index is 2.72. The van der Waals surface area contributed by atoms with Gasteiger partial charge in [-0.2, -0.15) is 0 Å². The van der Waals surface area contributed by atoms with Crippen LogP contribution in [0.3, 0.4) is 0 Å². The lowest BCUT2D eigenvalue weighted by atomic mass is 10.1. The van der Waals surface area contributed by atoms with Crippen molar-refractivity contribution < 1.29 is 0 Å². The van der Waals surface area contributed by atoms with E-state index in [0.717, 1.165) is 5.69 Å². The Bertz CT molecular complexity index is 422. The molecule has 1 aromatic carbocycles. The van der Waals surface area contributed by atoms with Crippen LogP contribution in [-0.4, -0.2) is 12.2 Å². The van der Waals surface area contributed by atoms with Crippen molar-refractivity contribution in [1.82, 2.24) is 5.32 Å². The summed E-state index contributed by atoms with van der Waals surface area (Å²) < 4.78 is 0. The highest BCUT2D eigenvalue weighted by atomic mass is 35.5. The molecule has 0 radical (unpaired) electrons. The summed E-state index contributed by atoms with van der Waals surface area (Å²) in [5.41, 5.74) is 2.25. The van der Waals surface area contributed by atoms with E-state index in [2.05, 4.69) is 41.3 Å². The molecule has 0 heterocycles. The van der Waals surface area contributed by atoms with Gasteiger partial charge >= 0.3 is 0 Å². The van der Waals surface area contributed by atoms with Crippen molar-refractivity contribution in [3.8, 4) is 0 Å². The molecule has 0 aliphatic carbocycles. The Labute approximate surface area is 108 Å². The molecule has 3 nitrogen and oxygen atoms in total. The van der Waals surface area contributed by atoms with Crippen LogP contribution >= 0.6 is 11.6 Å². The predicted octanol–water partition coefficient (Wildman–Crippen LogP) is 3.51. The number of nitrogens with zero attached hydrogens (tertiary/aromatic N) is 1. The minimum Gasteiger partial charge on any atom is -0.388 e. The van der Waals surface area contributed by atoms with E-state index in [1.165, 1.54) is 5.56 Å². The van der Waals surface area contributed by atoms with Gasteiger partial charge in [0.1, 0.15) is 11.0 Å². The summed E-state index contributed by atoms with van der Waals surface area (Å²) in [7, 11) is 1.90. The van der Waals surface area contributed by atoms with Crippen molar-refractivity contribution >= 4 is 22.5 Å². The van der Waals surface area contributed by atoms with Crippen LogP contribution in [0.5, 0.6) is 0 Å². The quantitative estimate of drug-likeness (QED) is 0.786. The molecule has 0 fully saturated rings. The van der Waals surface area contributed by atoms with Gasteiger partial charge in [-0.25, -0.2) is 4.99 Å².